The molecule has 0 amide bonds. The Morgan fingerprint density at radius 1 is 1.36 bits per heavy atom. The number of alkyl halides is 1. The summed E-state index contributed by atoms with van der Waals surface area (Å²) >= 11 is 3.42. The summed E-state index contributed by atoms with van der Waals surface area (Å²) in [5, 5.41) is 1.25. The zero-order chi connectivity index (χ0) is 11.4. The average Bonchev–Trinajstić information content (AvgIpc) is 2.01. The molecule has 0 aliphatic rings. The predicted octanol–water partition coefficient (Wildman–Crippen LogP) is 4.35. The minimum Gasteiger partial charge on any atom is -0.413 e. The van der Waals surface area contributed by atoms with Crippen LogP contribution in [-0.2, 0) is 4.43 Å². The Morgan fingerprint density at radius 3 is 2.21 bits per heavy atom. The van der Waals surface area contributed by atoms with Gasteiger partial charge in [0.2, 0.25) is 0 Å². The third-order valence-corrected chi connectivity index (χ3v) is 8.28. The van der Waals surface area contributed by atoms with Crippen molar-refractivity contribution in [2.75, 3.05) is 11.9 Å². The maximum absolute atomic E-state index is 6.01. The summed E-state index contributed by atoms with van der Waals surface area (Å²) < 4.78 is 6.01. The van der Waals surface area contributed by atoms with Crippen molar-refractivity contribution in [3.8, 4) is 0 Å². The fourth-order valence-electron chi connectivity index (χ4n) is 0.663. The fourth-order valence-corrected chi connectivity index (χ4v) is 1.83. The SMILES string of the molecule is C/C(=C\CO[Si](C)(C)C(C)(C)C)CBr. The van der Waals surface area contributed by atoms with Crippen molar-refractivity contribution < 1.29 is 4.43 Å². The van der Waals surface area contributed by atoms with Gasteiger partial charge in [-0.2, -0.15) is 0 Å². The van der Waals surface area contributed by atoms with Gasteiger partial charge in [0.15, 0.2) is 8.32 Å². The lowest BCUT2D eigenvalue weighted by Crippen LogP contribution is -2.40. The van der Waals surface area contributed by atoms with Crippen LogP contribution >= 0.6 is 15.9 Å². The van der Waals surface area contributed by atoms with Crippen molar-refractivity contribution in [1.82, 2.24) is 0 Å². The normalized spacial score (nSPS) is 14.6. The van der Waals surface area contributed by atoms with Gasteiger partial charge in [0.1, 0.15) is 0 Å². The van der Waals surface area contributed by atoms with Crippen LogP contribution in [0.2, 0.25) is 18.1 Å². The molecule has 0 aliphatic heterocycles. The third-order valence-electron chi connectivity index (χ3n) is 2.89. The van der Waals surface area contributed by atoms with Gasteiger partial charge >= 0.3 is 0 Å². The lowest BCUT2D eigenvalue weighted by Gasteiger charge is -2.35. The van der Waals surface area contributed by atoms with Crippen LogP contribution in [0.15, 0.2) is 11.6 Å². The van der Waals surface area contributed by atoms with Gasteiger partial charge in [-0.3, -0.25) is 0 Å². The number of rotatable bonds is 4. The van der Waals surface area contributed by atoms with Crippen LogP contribution in [0.25, 0.3) is 0 Å². The maximum Gasteiger partial charge on any atom is 0.192 e. The molecule has 0 aromatic rings. The second-order valence-corrected chi connectivity index (χ2v) is 10.6. The Hall–Kier alpha value is 0.397. The molecule has 84 valence electrons. The highest BCUT2D eigenvalue weighted by Gasteiger charge is 2.36. The summed E-state index contributed by atoms with van der Waals surface area (Å²) in [7, 11) is -1.54. The van der Waals surface area contributed by atoms with E-state index >= 15 is 0 Å². The molecule has 0 saturated heterocycles. The number of allylic oxidation sites excluding steroid dienone is 1. The monoisotopic (exact) mass is 278 g/mol. The topological polar surface area (TPSA) is 9.23 Å². The van der Waals surface area contributed by atoms with E-state index < -0.39 is 8.32 Å². The highest BCUT2D eigenvalue weighted by Crippen LogP contribution is 2.36. The summed E-state index contributed by atoms with van der Waals surface area (Å²) in [5.41, 5.74) is 1.34. The lowest BCUT2D eigenvalue weighted by atomic mass is 10.2. The molecular formula is C11H23BrOSi. The van der Waals surface area contributed by atoms with Crippen LogP contribution in [0.5, 0.6) is 0 Å². The Kier molecular flexibility index (Phi) is 5.63. The number of hydrogen-bond donors (Lipinski definition) is 0. The van der Waals surface area contributed by atoms with E-state index in [-0.39, 0.29) is 0 Å². The summed E-state index contributed by atoms with van der Waals surface area (Å²) in [6, 6.07) is 0. The molecule has 0 bridgehead atoms. The summed E-state index contributed by atoms with van der Waals surface area (Å²) in [5.74, 6) is 0. The van der Waals surface area contributed by atoms with Gasteiger partial charge in [-0.15, -0.1) is 0 Å². The van der Waals surface area contributed by atoms with Crippen molar-refractivity contribution in [2.45, 2.75) is 45.8 Å². The standard InChI is InChI=1S/C11H23BrOSi/c1-10(9-12)7-8-13-14(5,6)11(2,3)4/h7H,8-9H2,1-6H3/b10-7+. The summed E-state index contributed by atoms with van der Waals surface area (Å²) in [4.78, 5) is 0. The zero-order valence-electron chi connectivity index (χ0n) is 10.3. The molecule has 0 N–H and O–H groups in total. The fraction of sp³-hybridized carbons (Fsp3) is 0.818. The van der Waals surface area contributed by atoms with Crippen molar-refractivity contribution >= 4 is 24.2 Å². The van der Waals surface area contributed by atoms with Crippen molar-refractivity contribution in [3.05, 3.63) is 11.6 Å². The molecule has 0 saturated carbocycles. The van der Waals surface area contributed by atoms with Crippen LogP contribution in [0.1, 0.15) is 27.7 Å². The van der Waals surface area contributed by atoms with E-state index in [1.807, 2.05) is 0 Å². The highest BCUT2D eigenvalue weighted by molar-refractivity contribution is 9.09. The quantitative estimate of drug-likeness (QED) is 0.422. The van der Waals surface area contributed by atoms with Crippen molar-refractivity contribution in [1.29, 1.82) is 0 Å². The second-order valence-electron chi connectivity index (χ2n) is 5.26. The maximum atomic E-state index is 6.01. The van der Waals surface area contributed by atoms with E-state index in [9.17, 15) is 0 Å². The van der Waals surface area contributed by atoms with Gasteiger partial charge < -0.3 is 4.43 Å². The van der Waals surface area contributed by atoms with Crippen LogP contribution in [0.4, 0.5) is 0 Å². The minimum absolute atomic E-state index is 0.309. The lowest BCUT2D eigenvalue weighted by molar-refractivity contribution is 0.327. The highest BCUT2D eigenvalue weighted by atomic mass is 79.9. The largest absolute Gasteiger partial charge is 0.413 e. The molecule has 0 atom stereocenters. The average molecular weight is 279 g/mol. The first kappa shape index (κ1) is 14.4. The third kappa shape index (κ3) is 4.76. The second kappa shape index (κ2) is 5.47. The Bertz CT molecular complexity index is 204. The van der Waals surface area contributed by atoms with Crippen LogP contribution < -0.4 is 0 Å². The molecule has 0 aliphatic carbocycles. The number of hydrogen-bond acceptors (Lipinski definition) is 1. The van der Waals surface area contributed by atoms with E-state index in [2.05, 4.69) is 62.8 Å². The van der Waals surface area contributed by atoms with Crippen LogP contribution in [-0.4, -0.2) is 20.3 Å². The number of halogens is 1. The van der Waals surface area contributed by atoms with Crippen molar-refractivity contribution in [3.63, 3.8) is 0 Å². The molecule has 3 heteroatoms. The Balaban J connectivity index is 4.14. The molecule has 0 unspecified atom stereocenters. The first-order valence-corrected chi connectivity index (χ1v) is 9.09. The van der Waals surface area contributed by atoms with E-state index in [1.54, 1.807) is 0 Å². The Morgan fingerprint density at radius 2 is 1.86 bits per heavy atom. The van der Waals surface area contributed by atoms with Gasteiger partial charge in [0.25, 0.3) is 0 Å². The first-order valence-electron chi connectivity index (χ1n) is 5.06. The van der Waals surface area contributed by atoms with Gasteiger partial charge in [-0.25, -0.2) is 0 Å². The van der Waals surface area contributed by atoms with Gasteiger partial charge in [0.05, 0.1) is 6.61 Å². The summed E-state index contributed by atoms with van der Waals surface area (Å²) in [6.07, 6.45) is 2.16. The summed E-state index contributed by atoms with van der Waals surface area (Å²) in [6.45, 7) is 14.2. The predicted molar refractivity (Wildman–Crippen MR) is 70.7 cm³/mol. The molecule has 0 rings (SSSR count). The molecule has 1 nitrogen and oxygen atoms in total. The molecular weight excluding hydrogens is 256 g/mol. The minimum atomic E-state index is -1.54. The molecule has 0 aromatic carbocycles. The van der Waals surface area contributed by atoms with Gasteiger partial charge in [-0.05, 0) is 25.1 Å². The Labute approximate surface area is 98.2 Å². The van der Waals surface area contributed by atoms with E-state index in [0.29, 0.717) is 5.04 Å². The molecule has 0 fully saturated rings. The smallest absolute Gasteiger partial charge is 0.192 e. The molecule has 14 heavy (non-hydrogen) atoms. The zero-order valence-corrected chi connectivity index (χ0v) is 12.9. The molecule has 0 heterocycles. The molecule has 0 radical (unpaired) electrons. The van der Waals surface area contributed by atoms with Gasteiger partial charge in [0, 0.05) is 5.33 Å². The van der Waals surface area contributed by atoms with E-state index in [4.69, 9.17) is 4.43 Å². The van der Waals surface area contributed by atoms with Crippen molar-refractivity contribution in [2.24, 2.45) is 0 Å². The van der Waals surface area contributed by atoms with Crippen LogP contribution in [0.3, 0.4) is 0 Å². The first-order chi connectivity index (χ1) is 6.20. The molecule has 0 spiro atoms. The van der Waals surface area contributed by atoms with Crippen LogP contribution in [0, 0.1) is 0 Å². The van der Waals surface area contributed by atoms with Gasteiger partial charge in [-0.1, -0.05) is 48.4 Å². The van der Waals surface area contributed by atoms with E-state index in [0.717, 1.165) is 11.9 Å². The molecule has 0 aromatic heterocycles. The van der Waals surface area contributed by atoms with E-state index in [1.165, 1.54) is 5.57 Å².